The summed E-state index contributed by atoms with van der Waals surface area (Å²) in [5.74, 6) is -2.52. The Hall–Kier alpha value is -0.770. The lowest BCUT2D eigenvalue weighted by Gasteiger charge is -2.43. The molecule has 0 aromatic carbocycles. The molecule has 12 nitrogen and oxygen atoms in total. The van der Waals surface area contributed by atoms with Gasteiger partial charge in [-0.05, 0) is 6.92 Å². The number of ketones is 1. The zero-order valence-corrected chi connectivity index (χ0v) is 14.6. The second-order valence-corrected chi connectivity index (χ2v) is 6.59. The van der Waals surface area contributed by atoms with E-state index in [9.17, 15) is 35.4 Å². The average molecular weight is 398 g/mol. The molecule has 7 N–H and O–H groups in total. The van der Waals surface area contributed by atoms with Crippen LogP contribution in [0, 0.1) is 0 Å². The Kier molecular flexibility index (Phi) is 7.63. The van der Waals surface area contributed by atoms with E-state index in [1.54, 1.807) is 0 Å². The van der Waals surface area contributed by atoms with Crippen LogP contribution in [-0.4, -0.2) is 123 Å². The third-order valence-corrected chi connectivity index (χ3v) is 4.48. The molecule has 0 saturated carbocycles. The van der Waals surface area contributed by atoms with Crippen molar-refractivity contribution < 1.29 is 59.5 Å². The predicted molar refractivity (Wildman–Crippen MR) is 83.1 cm³/mol. The summed E-state index contributed by atoms with van der Waals surface area (Å²) < 4.78 is 20.9. The monoisotopic (exact) mass is 398 g/mol. The van der Waals surface area contributed by atoms with Gasteiger partial charge >= 0.3 is 0 Å². The Morgan fingerprint density at radius 1 is 1.00 bits per heavy atom. The molecule has 0 aliphatic carbocycles. The van der Waals surface area contributed by atoms with Crippen molar-refractivity contribution in [2.24, 2.45) is 0 Å². The third kappa shape index (κ3) is 4.63. The van der Waals surface area contributed by atoms with Crippen molar-refractivity contribution in [3.63, 3.8) is 0 Å². The minimum absolute atomic E-state index is 0.260. The van der Waals surface area contributed by atoms with Crippen LogP contribution in [0.2, 0.25) is 0 Å². The average Bonchev–Trinajstić information content (AvgIpc) is 2.88. The fourth-order valence-corrected chi connectivity index (χ4v) is 2.94. The van der Waals surface area contributed by atoms with Crippen LogP contribution < -0.4 is 0 Å². The van der Waals surface area contributed by atoms with E-state index in [4.69, 9.17) is 24.1 Å². The molecular weight excluding hydrogens is 372 g/mol. The summed E-state index contributed by atoms with van der Waals surface area (Å²) in [5.41, 5.74) is 0. The summed E-state index contributed by atoms with van der Waals surface area (Å²) in [6.07, 6.45) is -12.7. The number of Topliss-reactive ketones (excluding diaryl/α,β-unsaturated/α-hetero) is 1. The summed E-state index contributed by atoms with van der Waals surface area (Å²) >= 11 is 0. The first-order valence-electron chi connectivity index (χ1n) is 8.37. The largest absolute Gasteiger partial charge is 0.394 e. The maximum atomic E-state index is 10.9. The van der Waals surface area contributed by atoms with Crippen molar-refractivity contribution in [2.45, 2.75) is 61.7 Å². The van der Waals surface area contributed by atoms with Gasteiger partial charge in [0.15, 0.2) is 12.1 Å². The summed E-state index contributed by atoms with van der Waals surface area (Å²) in [4.78, 5) is 10.9. The number of carbonyl (C=O) groups excluding carboxylic acids is 1. The van der Waals surface area contributed by atoms with Crippen LogP contribution in [0.4, 0.5) is 0 Å². The van der Waals surface area contributed by atoms with E-state index in [2.05, 4.69) is 0 Å². The first-order chi connectivity index (χ1) is 12.7. The van der Waals surface area contributed by atoms with Crippen molar-refractivity contribution in [1.29, 1.82) is 0 Å². The van der Waals surface area contributed by atoms with Crippen molar-refractivity contribution >= 4 is 5.78 Å². The van der Waals surface area contributed by atoms with Gasteiger partial charge in [-0.25, -0.2) is 0 Å². The van der Waals surface area contributed by atoms with E-state index in [0.717, 1.165) is 0 Å². The lowest BCUT2D eigenvalue weighted by atomic mass is 9.99. The lowest BCUT2D eigenvalue weighted by molar-refractivity contribution is -0.384. The number of rotatable bonds is 8. The Bertz CT molecular complexity index is 503. The number of hydrogen-bond donors (Lipinski definition) is 7. The third-order valence-electron chi connectivity index (χ3n) is 4.48. The molecule has 27 heavy (non-hydrogen) atoms. The van der Waals surface area contributed by atoms with E-state index >= 15 is 0 Å². The Morgan fingerprint density at radius 2 is 1.67 bits per heavy atom. The molecule has 0 spiro atoms. The summed E-state index contributed by atoms with van der Waals surface area (Å²) in [6, 6.07) is 0. The van der Waals surface area contributed by atoms with Crippen LogP contribution >= 0.6 is 0 Å². The van der Waals surface area contributed by atoms with E-state index in [1.165, 1.54) is 6.92 Å². The van der Waals surface area contributed by atoms with Gasteiger partial charge in [0, 0.05) is 0 Å². The first kappa shape index (κ1) is 22.5. The highest BCUT2D eigenvalue weighted by molar-refractivity contribution is 5.76. The lowest BCUT2D eigenvalue weighted by Crippen LogP contribution is -2.62. The van der Waals surface area contributed by atoms with E-state index in [1.807, 2.05) is 0 Å². The van der Waals surface area contributed by atoms with Gasteiger partial charge in [-0.1, -0.05) is 0 Å². The molecule has 9 atom stereocenters. The van der Waals surface area contributed by atoms with Crippen molar-refractivity contribution in [2.75, 3.05) is 26.4 Å². The molecule has 2 fully saturated rings. The van der Waals surface area contributed by atoms with Gasteiger partial charge in [-0.15, -0.1) is 0 Å². The molecule has 12 heteroatoms. The standard InChI is InChI=1S/C15H26O12/c1-6(18)3-24-4-8-9(19)11(21)12(22)14(25-8)27-15(5-17)13(23)10(20)7(2-16)26-15/h7-14,16-17,19-23H,2-5H2,1H3/t7-,8-,9-,10-,11+,12-,13+,14-,15+/m1/s1. The molecule has 0 unspecified atom stereocenters. The van der Waals surface area contributed by atoms with Crippen LogP contribution in [0.15, 0.2) is 0 Å². The van der Waals surface area contributed by atoms with Crippen LogP contribution in [0.1, 0.15) is 6.92 Å². The van der Waals surface area contributed by atoms with Crippen molar-refractivity contribution in [3.8, 4) is 0 Å². The summed E-state index contributed by atoms with van der Waals surface area (Å²) in [7, 11) is 0. The van der Waals surface area contributed by atoms with Gasteiger partial charge in [0.1, 0.15) is 55.9 Å². The van der Waals surface area contributed by atoms with Gasteiger partial charge in [0.2, 0.25) is 5.79 Å². The fraction of sp³-hybridized carbons (Fsp3) is 0.933. The van der Waals surface area contributed by atoms with Gasteiger partial charge in [0.25, 0.3) is 0 Å². The number of hydrogen-bond acceptors (Lipinski definition) is 12. The molecule has 2 aliphatic rings. The molecule has 2 heterocycles. The fourth-order valence-electron chi connectivity index (χ4n) is 2.94. The van der Waals surface area contributed by atoms with Crippen LogP contribution in [-0.2, 0) is 23.7 Å². The first-order valence-corrected chi connectivity index (χ1v) is 8.37. The second kappa shape index (κ2) is 9.15. The number of aliphatic hydroxyl groups excluding tert-OH is 7. The number of carbonyl (C=O) groups is 1. The van der Waals surface area contributed by atoms with E-state index in [0.29, 0.717) is 0 Å². The molecule has 158 valence electrons. The van der Waals surface area contributed by atoms with E-state index in [-0.39, 0.29) is 19.0 Å². The van der Waals surface area contributed by atoms with Gasteiger partial charge in [-0.2, -0.15) is 0 Å². The molecule has 2 rings (SSSR count). The molecular formula is C15H26O12. The maximum Gasteiger partial charge on any atom is 0.224 e. The molecule has 2 aliphatic heterocycles. The number of aliphatic hydroxyl groups is 7. The molecule has 0 aromatic rings. The summed E-state index contributed by atoms with van der Waals surface area (Å²) in [6.45, 7) is -0.945. The molecule has 0 radical (unpaired) electrons. The maximum absolute atomic E-state index is 10.9. The van der Waals surface area contributed by atoms with Gasteiger partial charge in [-0.3, -0.25) is 4.79 Å². The highest BCUT2D eigenvalue weighted by atomic mass is 16.8. The predicted octanol–water partition coefficient (Wildman–Crippen LogP) is -4.78. The van der Waals surface area contributed by atoms with Crippen LogP contribution in [0.5, 0.6) is 0 Å². The smallest absolute Gasteiger partial charge is 0.224 e. The SMILES string of the molecule is CC(=O)COC[C@H]1O[C@H](O[C@]2(CO)O[C@H](CO)[C@@H](O)[C@@H]2O)[C@H](O)[C@@H](O)[C@@H]1O. The van der Waals surface area contributed by atoms with E-state index < -0.39 is 68.0 Å². The molecule has 0 bridgehead atoms. The molecule has 0 aromatic heterocycles. The van der Waals surface area contributed by atoms with Gasteiger partial charge < -0.3 is 54.7 Å². The highest BCUT2D eigenvalue weighted by Crippen LogP contribution is 2.35. The quantitative estimate of drug-likeness (QED) is 0.206. The Balaban J connectivity index is 2.11. The van der Waals surface area contributed by atoms with Crippen molar-refractivity contribution in [3.05, 3.63) is 0 Å². The summed E-state index contributed by atoms with van der Waals surface area (Å²) in [5, 5.41) is 68.9. The Morgan fingerprint density at radius 3 is 2.19 bits per heavy atom. The minimum atomic E-state index is -2.24. The van der Waals surface area contributed by atoms with Gasteiger partial charge in [0.05, 0.1) is 13.2 Å². The molecule has 0 amide bonds. The zero-order valence-electron chi connectivity index (χ0n) is 14.6. The Labute approximate surface area is 154 Å². The molecule has 2 saturated heterocycles. The minimum Gasteiger partial charge on any atom is -0.394 e. The highest BCUT2D eigenvalue weighted by Gasteiger charge is 2.58. The zero-order chi connectivity index (χ0) is 20.4. The second-order valence-electron chi connectivity index (χ2n) is 6.59. The topological polar surface area (TPSA) is 196 Å². The van der Waals surface area contributed by atoms with Crippen molar-refractivity contribution in [1.82, 2.24) is 0 Å². The number of ether oxygens (including phenoxy) is 4. The normalized spacial score (nSPS) is 45.2. The van der Waals surface area contributed by atoms with Crippen LogP contribution in [0.3, 0.4) is 0 Å². The van der Waals surface area contributed by atoms with Crippen LogP contribution in [0.25, 0.3) is 0 Å².